The fraction of sp³-hybridized carbons (Fsp3) is 0.182. The molecule has 3 nitrogen and oxygen atoms in total. The molecule has 4 heteroatoms. The summed E-state index contributed by atoms with van der Waals surface area (Å²) in [5.74, 6) is -2.02. The lowest BCUT2D eigenvalue weighted by Gasteiger charge is -2.09. The second-order valence-corrected chi connectivity index (χ2v) is 3.28. The Labute approximate surface area is 87.2 Å². The van der Waals surface area contributed by atoms with Crippen LogP contribution in [-0.4, -0.2) is 17.6 Å². The molecule has 0 aliphatic rings. The lowest BCUT2D eigenvalue weighted by molar-refractivity contribution is 0.0693. The highest BCUT2D eigenvalue weighted by atomic mass is 19.1. The van der Waals surface area contributed by atoms with Gasteiger partial charge in [-0.25, -0.2) is 9.18 Å². The van der Waals surface area contributed by atoms with E-state index in [4.69, 9.17) is 5.11 Å². The first-order valence-corrected chi connectivity index (χ1v) is 4.42. The fourth-order valence-corrected chi connectivity index (χ4v) is 1.13. The lowest BCUT2D eigenvalue weighted by Crippen LogP contribution is -2.09. The summed E-state index contributed by atoms with van der Waals surface area (Å²) in [6.45, 7) is 5.88. The molecule has 15 heavy (non-hydrogen) atoms. The molecule has 0 heterocycles. The van der Waals surface area contributed by atoms with Crippen molar-refractivity contribution in [1.82, 2.24) is 0 Å². The molecule has 0 fully saturated rings. The van der Waals surface area contributed by atoms with Crippen LogP contribution in [0.2, 0.25) is 0 Å². The highest BCUT2D eigenvalue weighted by molar-refractivity contribution is 5.94. The van der Waals surface area contributed by atoms with Crippen molar-refractivity contribution < 1.29 is 14.3 Å². The molecule has 0 spiro atoms. The molecule has 0 atom stereocenters. The number of hydrogen-bond acceptors (Lipinski definition) is 2. The SMILES string of the molecule is C=C(C)CNc1cccc(F)c1C(=O)O. The summed E-state index contributed by atoms with van der Waals surface area (Å²) in [6, 6.07) is 4.10. The van der Waals surface area contributed by atoms with E-state index in [0.29, 0.717) is 6.54 Å². The summed E-state index contributed by atoms with van der Waals surface area (Å²) >= 11 is 0. The second kappa shape index (κ2) is 4.59. The standard InChI is InChI=1S/C11H12FNO2/c1-7(2)6-13-9-5-3-4-8(12)10(9)11(14)15/h3-5,13H,1,6H2,2H3,(H,14,15). The molecule has 2 N–H and O–H groups in total. The molecule has 0 aliphatic carbocycles. The van der Waals surface area contributed by atoms with Gasteiger partial charge < -0.3 is 10.4 Å². The molecule has 0 radical (unpaired) electrons. The minimum atomic E-state index is -1.28. The summed E-state index contributed by atoms with van der Waals surface area (Å²) in [7, 11) is 0. The number of nitrogens with one attached hydrogen (secondary N) is 1. The van der Waals surface area contributed by atoms with E-state index in [1.807, 2.05) is 0 Å². The van der Waals surface area contributed by atoms with E-state index in [-0.39, 0.29) is 11.3 Å². The van der Waals surface area contributed by atoms with E-state index in [9.17, 15) is 9.18 Å². The van der Waals surface area contributed by atoms with Crippen LogP contribution in [0.15, 0.2) is 30.4 Å². The van der Waals surface area contributed by atoms with Gasteiger partial charge in [0.15, 0.2) is 0 Å². The third kappa shape index (κ3) is 2.80. The number of carboxylic acid groups (broad SMARTS) is 1. The number of rotatable bonds is 4. The van der Waals surface area contributed by atoms with Crippen LogP contribution in [0, 0.1) is 5.82 Å². The predicted molar refractivity (Wildman–Crippen MR) is 56.7 cm³/mol. The average Bonchev–Trinajstić information content (AvgIpc) is 2.13. The van der Waals surface area contributed by atoms with Crippen molar-refractivity contribution in [1.29, 1.82) is 0 Å². The van der Waals surface area contributed by atoms with Gasteiger partial charge in [0.1, 0.15) is 11.4 Å². The largest absolute Gasteiger partial charge is 0.478 e. The Morgan fingerprint density at radius 2 is 2.27 bits per heavy atom. The van der Waals surface area contributed by atoms with Crippen LogP contribution in [0.25, 0.3) is 0 Å². The Bertz CT molecular complexity index is 402. The summed E-state index contributed by atoms with van der Waals surface area (Å²) in [5.41, 5.74) is 0.778. The number of carbonyl (C=O) groups is 1. The summed E-state index contributed by atoms with van der Waals surface area (Å²) in [4.78, 5) is 10.8. The third-order valence-electron chi connectivity index (χ3n) is 1.81. The minimum Gasteiger partial charge on any atom is -0.478 e. The van der Waals surface area contributed by atoms with Crippen molar-refractivity contribution in [3.8, 4) is 0 Å². The van der Waals surface area contributed by atoms with E-state index in [0.717, 1.165) is 11.6 Å². The molecule has 0 saturated carbocycles. The first kappa shape index (κ1) is 11.2. The highest BCUT2D eigenvalue weighted by Gasteiger charge is 2.14. The quantitative estimate of drug-likeness (QED) is 0.749. The topological polar surface area (TPSA) is 49.3 Å². The maximum Gasteiger partial charge on any atom is 0.340 e. The zero-order valence-electron chi connectivity index (χ0n) is 8.38. The smallest absolute Gasteiger partial charge is 0.340 e. The maximum atomic E-state index is 13.2. The van der Waals surface area contributed by atoms with Gasteiger partial charge in [-0.15, -0.1) is 0 Å². The average molecular weight is 209 g/mol. The number of halogens is 1. The zero-order chi connectivity index (χ0) is 11.4. The fourth-order valence-electron chi connectivity index (χ4n) is 1.13. The molecule has 1 rings (SSSR count). The van der Waals surface area contributed by atoms with Crippen LogP contribution < -0.4 is 5.32 Å². The van der Waals surface area contributed by atoms with E-state index < -0.39 is 11.8 Å². The van der Waals surface area contributed by atoms with Crippen LogP contribution in [0.3, 0.4) is 0 Å². The van der Waals surface area contributed by atoms with Gasteiger partial charge in [0.25, 0.3) is 0 Å². The maximum absolute atomic E-state index is 13.2. The van der Waals surface area contributed by atoms with Gasteiger partial charge in [0, 0.05) is 6.54 Å². The number of aromatic carboxylic acids is 1. The van der Waals surface area contributed by atoms with Crippen molar-refractivity contribution in [2.24, 2.45) is 0 Å². The highest BCUT2D eigenvalue weighted by Crippen LogP contribution is 2.18. The van der Waals surface area contributed by atoms with Crippen LogP contribution in [0.5, 0.6) is 0 Å². The van der Waals surface area contributed by atoms with Crippen molar-refractivity contribution in [3.63, 3.8) is 0 Å². The predicted octanol–water partition coefficient (Wildman–Crippen LogP) is 2.51. The van der Waals surface area contributed by atoms with Crippen molar-refractivity contribution in [2.75, 3.05) is 11.9 Å². The first-order valence-electron chi connectivity index (χ1n) is 4.42. The molecule has 0 saturated heterocycles. The molecule has 1 aromatic carbocycles. The zero-order valence-corrected chi connectivity index (χ0v) is 8.38. The van der Waals surface area contributed by atoms with Crippen LogP contribution >= 0.6 is 0 Å². The van der Waals surface area contributed by atoms with Crippen molar-refractivity contribution in [2.45, 2.75) is 6.92 Å². The Hall–Kier alpha value is -1.84. The number of benzene rings is 1. The lowest BCUT2D eigenvalue weighted by atomic mass is 10.1. The summed E-state index contributed by atoms with van der Waals surface area (Å²) in [5, 5.41) is 11.6. The summed E-state index contributed by atoms with van der Waals surface area (Å²) < 4.78 is 13.2. The normalized spacial score (nSPS) is 9.73. The van der Waals surface area contributed by atoms with E-state index in [1.165, 1.54) is 12.1 Å². The number of hydrogen-bond donors (Lipinski definition) is 2. The van der Waals surface area contributed by atoms with Crippen molar-refractivity contribution in [3.05, 3.63) is 41.7 Å². The Balaban J connectivity index is 3.01. The first-order chi connectivity index (χ1) is 7.02. The van der Waals surface area contributed by atoms with Gasteiger partial charge in [-0.05, 0) is 19.1 Å². The summed E-state index contributed by atoms with van der Waals surface area (Å²) in [6.07, 6.45) is 0. The molecule has 0 amide bonds. The van der Waals surface area contributed by atoms with E-state index >= 15 is 0 Å². The number of carboxylic acids is 1. The Morgan fingerprint density at radius 1 is 1.60 bits per heavy atom. The Kier molecular flexibility index (Phi) is 3.44. The van der Waals surface area contributed by atoms with E-state index in [1.54, 1.807) is 6.92 Å². The molecule has 0 unspecified atom stereocenters. The van der Waals surface area contributed by atoms with Crippen LogP contribution in [0.4, 0.5) is 10.1 Å². The van der Waals surface area contributed by atoms with Crippen LogP contribution in [-0.2, 0) is 0 Å². The van der Waals surface area contributed by atoms with Crippen molar-refractivity contribution >= 4 is 11.7 Å². The third-order valence-corrected chi connectivity index (χ3v) is 1.81. The van der Waals surface area contributed by atoms with Gasteiger partial charge in [-0.2, -0.15) is 0 Å². The van der Waals surface area contributed by atoms with Crippen LogP contribution in [0.1, 0.15) is 17.3 Å². The van der Waals surface area contributed by atoms with Gasteiger partial charge in [0.05, 0.1) is 5.69 Å². The number of anilines is 1. The molecule has 0 bridgehead atoms. The van der Waals surface area contributed by atoms with Gasteiger partial charge >= 0.3 is 5.97 Å². The minimum absolute atomic E-state index is 0.269. The monoisotopic (exact) mass is 209 g/mol. The Morgan fingerprint density at radius 3 is 2.80 bits per heavy atom. The molecule has 1 aromatic rings. The van der Waals surface area contributed by atoms with Gasteiger partial charge in [-0.1, -0.05) is 18.2 Å². The second-order valence-electron chi connectivity index (χ2n) is 3.28. The molecule has 0 aliphatic heterocycles. The molecule has 80 valence electrons. The van der Waals surface area contributed by atoms with Gasteiger partial charge in [-0.3, -0.25) is 0 Å². The molecular formula is C11H12FNO2. The van der Waals surface area contributed by atoms with E-state index in [2.05, 4.69) is 11.9 Å². The molecule has 0 aromatic heterocycles. The van der Waals surface area contributed by atoms with Gasteiger partial charge in [0.2, 0.25) is 0 Å². The molecular weight excluding hydrogens is 197 g/mol.